The first kappa shape index (κ1) is 20.5. The number of aliphatic imine (C=N–C) groups is 1. The summed E-state index contributed by atoms with van der Waals surface area (Å²) in [6.45, 7) is 14.3. The van der Waals surface area contributed by atoms with E-state index in [1.54, 1.807) is 0 Å². The van der Waals surface area contributed by atoms with Crippen LogP contribution < -0.4 is 5.32 Å². The van der Waals surface area contributed by atoms with Crippen LogP contribution in [0.3, 0.4) is 0 Å². The Morgan fingerprint density at radius 2 is 1.96 bits per heavy atom. The largest absolute Gasteiger partial charge is 0.357 e. The molecule has 24 heavy (non-hydrogen) atoms. The molecule has 0 amide bonds. The van der Waals surface area contributed by atoms with E-state index in [1.807, 2.05) is 11.7 Å². The first-order chi connectivity index (χ1) is 11.3. The van der Waals surface area contributed by atoms with E-state index < -0.39 is 0 Å². The van der Waals surface area contributed by atoms with Crippen LogP contribution in [-0.2, 0) is 13.6 Å². The molecular formula is C18H36N6. The van der Waals surface area contributed by atoms with Crippen molar-refractivity contribution in [1.82, 2.24) is 24.9 Å². The Morgan fingerprint density at radius 1 is 1.29 bits per heavy atom. The van der Waals surface area contributed by atoms with Crippen LogP contribution in [0.4, 0.5) is 0 Å². The molecule has 138 valence electrons. The molecule has 6 heteroatoms. The van der Waals surface area contributed by atoms with Gasteiger partial charge in [-0.05, 0) is 33.7 Å². The fraction of sp³-hybridized carbons (Fsp3) is 0.778. The van der Waals surface area contributed by atoms with Crippen molar-refractivity contribution in [2.45, 2.75) is 53.1 Å². The lowest BCUT2D eigenvalue weighted by Crippen LogP contribution is -2.39. The van der Waals surface area contributed by atoms with Crippen LogP contribution in [-0.4, -0.2) is 65.3 Å². The molecule has 0 atom stereocenters. The van der Waals surface area contributed by atoms with Crippen molar-refractivity contribution in [2.24, 2.45) is 12.0 Å². The Kier molecular flexibility index (Phi) is 8.25. The third-order valence-electron chi connectivity index (χ3n) is 4.18. The second kappa shape index (κ2) is 9.67. The molecule has 0 aliphatic heterocycles. The molecule has 0 fully saturated rings. The maximum absolute atomic E-state index is 4.78. The SMILES string of the molecule is CCNC(=NCCN(C)C(C)C)N(C)Cc1cn(C)nc1C(C)C. The number of hydrogen-bond donors (Lipinski definition) is 1. The summed E-state index contributed by atoms with van der Waals surface area (Å²) in [5.41, 5.74) is 2.43. The van der Waals surface area contributed by atoms with Crippen molar-refractivity contribution < 1.29 is 0 Å². The van der Waals surface area contributed by atoms with Gasteiger partial charge < -0.3 is 15.1 Å². The van der Waals surface area contributed by atoms with Crippen LogP contribution in [0.1, 0.15) is 51.8 Å². The zero-order valence-corrected chi connectivity index (χ0v) is 16.8. The molecule has 1 rings (SSSR count). The highest BCUT2D eigenvalue weighted by molar-refractivity contribution is 5.79. The third kappa shape index (κ3) is 6.15. The quantitative estimate of drug-likeness (QED) is 0.584. The number of nitrogens with one attached hydrogen (secondary N) is 1. The summed E-state index contributed by atoms with van der Waals surface area (Å²) in [7, 11) is 6.21. The van der Waals surface area contributed by atoms with Gasteiger partial charge in [-0.25, -0.2) is 0 Å². The van der Waals surface area contributed by atoms with Crippen molar-refractivity contribution in [3.8, 4) is 0 Å². The minimum absolute atomic E-state index is 0.425. The number of nitrogens with zero attached hydrogens (tertiary/aromatic N) is 5. The van der Waals surface area contributed by atoms with Gasteiger partial charge in [-0.2, -0.15) is 5.10 Å². The normalized spacial score (nSPS) is 12.5. The number of hydrogen-bond acceptors (Lipinski definition) is 3. The maximum atomic E-state index is 4.78. The van der Waals surface area contributed by atoms with Gasteiger partial charge in [0.1, 0.15) is 0 Å². The Hall–Kier alpha value is -1.56. The standard InChI is InChI=1S/C18H36N6/c1-9-19-18(20-10-11-22(6)15(4)5)23(7)12-16-13-24(8)21-17(16)14(2)3/h13-15H,9-12H2,1-8H3,(H,19,20). The molecule has 0 saturated heterocycles. The van der Waals surface area contributed by atoms with Gasteiger partial charge in [-0.3, -0.25) is 9.67 Å². The first-order valence-electron chi connectivity index (χ1n) is 8.98. The van der Waals surface area contributed by atoms with Crippen molar-refractivity contribution in [2.75, 3.05) is 33.7 Å². The Bertz CT molecular complexity index is 518. The number of rotatable bonds is 8. The van der Waals surface area contributed by atoms with E-state index in [9.17, 15) is 0 Å². The monoisotopic (exact) mass is 336 g/mol. The predicted molar refractivity (Wildman–Crippen MR) is 103 cm³/mol. The van der Waals surface area contributed by atoms with Gasteiger partial charge in [0.05, 0.1) is 12.2 Å². The zero-order chi connectivity index (χ0) is 18.3. The molecule has 0 aliphatic rings. The molecule has 1 aromatic rings. The minimum Gasteiger partial charge on any atom is -0.357 e. The molecule has 1 heterocycles. The number of aromatic nitrogens is 2. The van der Waals surface area contributed by atoms with Crippen molar-refractivity contribution in [1.29, 1.82) is 0 Å². The van der Waals surface area contributed by atoms with Crippen molar-refractivity contribution in [3.63, 3.8) is 0 Å². The topological polar surface area (TPSA) is 48.7 Å². The van der Waals surface area contributed by atoms with E-state index in [2.05, 4.69) is 75.1 Å². The molecule has 0 aromatic carbocycles. The summed E-state index contributed by atoms with van der Waals surface area (Å²) in [5, 5.41) is 7.99. The lowest BCUT2D eigenvalue weighted by molar-refractivity contribution is 0.281. The highest BCUT2D eigenvalue weighted by Gasteiger charge is 2.15. The Balaban J connectivity index is 2.77. The van der Waals surface area contributed by atoms with E-state index >= 15 is 0 Å². The summed E-state index contributed by atoms with van der Waals surface area (Å²) in [4.78, 5) is 9.27. The van der Waals surface area contributed by atoms with Crippen LogP contribution in [0.2, 0.25) is 0 Å². The highest BCUT2D eigenvalue weighted by Crippen LogP contribution is 2.18. The fourth-order valence-corrected chi connectivity index (χ4v) is 2.53. The van der Waals surface area contributed by atoms with Gasteiger partial charge in [0, 0.05) is 51.5 Å². The lowest BCUT2D eigenvalue weighted by atomic mass is 10.1. The first-order valence-corrected chi connectivity index (χ1v) is 8.98. The minimum atomic E-state index is 0.425. The Labute approximate surface area is 147 Å². The number of guanidine groups is 1. The van der Waals surface area contributed by atoms with Gasteiger partial charge in [0.25, 0.3) is 0 Å². The van der Waals surface area contributed by atoms with E-state index in [1.165, 1.54) is 11.3 Å². The average Bonchev–Trinajstić information content (AvgIpc) is 2.86. The molecule has 0 unspecified atom stereocenters. The fourth-order valence-electron chi connectivity index (χ4n) is 2.53. The van der Waals surface area contributed by atoms with E-state index in [-0.39, 0.29) is 0 Å². The molecule has 0 aliphatic carbocycles. The smallest absolute Gasteiger partial charge is 0.194 e. The van der Waals surface area contributed by atoms with Gasteiger partial charge in [0.15, 0.2) is 5.96 Å². The second-order valence-corrected chi connectivity index (χ2v) is 7.03. The summed E-state index contributed by atoms with van der Waals surface area (Å²) in [6, 6.07) is 0.546. The number of aryl methyl sites for hydroxylation is 1. The molecule has 6 nitrogen and oxygen atoms in total. The van der Waals surface area contributed by atoms with Crippen LogP contribution in [0.15, 0.2) is 11.2 Å². The van der Waals surface area contributed by atoms with E-state index in [0.29, 0.717) is 12.0 Å². The van der Waals surface area contributed by atoms with E-state index in [0.717, 1.165) is 32.1 Å². The average molecular weight is 337 g/mol. The molecule has 0 spiro atoms. The van der Waals surface area contributed by atoms with Crippen LogP contribution in [0.25, 0.3) is 0 Å². The van der Waals surface area contributed by atoms with Crippen LogP contribution >= 0.6 is 0 Å². The van der Waals surface area contributed by atoms with E-state index in [4.69, 9.17) is 4.99 Å². The summed E-state index contributed by atoms with van der Waals surface area (Å²) in [6.07, 6.45) is 2.11. The van der Waals surface area contributed by atoms with Crippen molar-refractivity contribution >= 4 is 5.96 Å². The summed E-state index contributed by atoms with van der Waals surface area (Å²) >= 11 is 0. The maximum Gasteiger partial charge on any atom is 0.194 e. The van der Waals surface area contributed by atoms with Gasteiger partial charge in [0.2, 0.25) is 0 Å². The molecule has 1 N–H and O–H groups in total. The van der Waals surface area contributed by atoms with Crippen LogP contribution in [0.5, 0.6) is 0 Å². The second-order valence-electron chi connectivity index (χ2n) is 7.03. The molecule has 0 bridgehead atoms. The van der Waals surface area contributed by atoms with Crippen molar-refractivity contribution in [3.05, 3.63) is 17.5 Å². The summed E-state index contributed by atoms with van der Waals surface area (Å²) < 4.78 is 1.90. The molecule has 1 aromatic heterocycles. The third-order valence-corrected chi connectivity index (χ3v) is 4.18. The van der Waals surface area contributed by atoms with Gasteiger partial charge in [-0.1, -0.05) is 13.8 Å². The molecular weight excluding hydrogens is 300 g/mol. The highest BCUT2D eigenvalue weighted by atomic mass is 15.3. The zero-order valence-electron chi connectivity index (χ0n) is 16.8. The predicted octanol–water partition coefficient (Wildman–Crippen LogP) is 2.28. The van der Waals surface area contributed by atoms with Crippen LogP contribution in [0, 0.1) is 0 Å². The number of likely N-dealkylation sites (N-methyl/N-ethyl adjacent to an activating group) is 1. The lowest BCUT2D eigenvalue weighted by Gasteiger charge is -2.24. The summed E-state index contributed by atoms with van der Waals surface area (Å²) in [5.74, 6) is 1.38. The van der Waals surface area contributed by atoms with Gasteiger partial charge in [-0.15, -0.1) is 0 Å². The molecule has 0 saturated carbocycles. The van der Waals surface area contributed by atoms with Gasteiger partial charge >= 0.3 is 0 Å². The Morgan fingerprint density at radius 3 is 2.50 bits per heavy atom. The molecule has 0 radical (unpaired) electrons.